The summed E-state index contributed by atoms with van der Waals surface area (Å²) in [6.07, 6.45) is 6.10. The van der Waals surface area contributed by atoms with Gasteiger partial charge in [-0.05, 0) is 51.9 Å². The first-order valence-electron chi connectivity index (χ1n) is 14.2. The SMILES string of the molecule is CCCCC(CC)COC(=O)C(C)(CC)CC(C)(CC(C)(C)C(=O)NC(C)N1CCCC1=O)C(=O)NC. The summed E-state index contributed by atoms with van der Waals surface area (Å²) in [6.45, 7) is 16.3. The van der Waals surface area contributed by atoms with E-state index in [0.717, 1.165) is 32.1 Å². The third kappa shape index (κ3) is 8.99. The largest absolute Gasteiger partial charge is 0.465 e. The lowest BCUT2D eigenvalue weighted by atomic mass is 9.64. The highest BCUT2D eigenvalue weighted by Gasteiger charge is 2.48. The van der Waals surface area contributed by atoms with Crippen molar-refractivity contribution in [2.75, 3.05) is 20.2 Å². The maximum absolute atomic E-state index is 13.3. The zero-order valence-electron chi connectivity index (χ0n) is 24.9. The smallest absolute Gasteiger partial charge is 0.311 e. The van der Waals surface area contributed by atoms with Gasteiger partial charge in [0.1, 0.15) is 6.17 Å². The summed E-state index contributed by atoms with van der Waals surface area (Å²) in [4.78, 5) is 53.6. The maximum Gasteiger partial charge on any atom is 0.311 e. The summed E-state index contributed by atoms with van der Waals surface area (Å²) in [6, 6.07) is 0. The summed E-state index contributed by atoms with van der Waals surface area (Å²) in [5.74, 6) is -0.348. The number of carbonyl (C=O) groups excluding carboxylic acids is 4. The van der Waals surface area contributed by atoms with Crippen molar-refractivity contribution in [1.82, 2.24) is 15.5 Å². The highest BCUT2D eigenvalue weighted by atomic mass is 16.5. The van der Waals surface area contributed by atoms with Crippen LogP contribution in [0.5, 0.6) is 0 Å². The lowest BCUT2D eigenvalue weighted by Gasteiger charge is -2.41. The standard InChI is InChI=1S/C29H53N3O5/c1-10-13-15-22(11-2)18-37-26(36)28(7,12-3)20-29(8,25(35)30-9)19-27(5,6)24(34)31-21(4)32-17-14-16-23(32)33/h21-22H,10-20H2,1-9H3,(H,30,35)(H,31,34). The number of rotatable bonds is 16. The molecule has 1 rings (SSSR count). The number of carbonyl (C=O) groups is 4. The van der Waals surface area contributed by atoms with Crippen molar-refractivity contribution < 1.29 is 23.9 Å². The molecule has 8 nitrogen and oxygen atoms in total. The van der Waals surface area contributed by atoms with Gasteiger partial charge in [-0.1, -0.05) is 60.8 Å². The van der Waals surface area contributed by atoms with E-state index in [4.69, 9.17) is 4.74 Å². The summed E-state index contributed by atoms with van der Waals surface area (Å²) < 4.78 is 5.82. The molecular formula is C29H53N3O5. The molecule has 0 aromatic carbocycles. The van der Waals surface area contributed by atoms with Crippen LogP contribution in [0.15, 0.2) is 0 Å². The maximum atomic E-state index is 13.3. The molecule has 0 aromatic rings. The fourth-order valence-corrected chi connectivity index (χ4v) is 5.59. The van der Waals surface area contributed by atoms with Crippen molar-refractivity contribution in [2.24, 2.45) is 22.2 Å². The molecule has 4 atom stereocenters. The third-order valence-electron chi connectivity index (χ3n) is 8.19. The summed E-state index contributed by atoms with van der Waals surface area (Å²) in [5, 5.41) is 5.72. The van der Waals surface area contributed by atoms with Crippen LogP contribution in [-0.2, 0) is 23.9 Å². The van der Waals surface area contributed by atoms with Gasteiger partial charge in [-0.2, -0.15) is 0 Å². The van der Waals surface area contributed by atoms with Gasteiger partial charge in [0.2, 0.25) is 17.7 Å². The van der Waals surface area contributed by atoms with Gasteiger partial charge in [0.25, 0.3) is 0 Å². The van der Waals surface area contributed by atoms with Gasteiger partial charge < -0.3 is 20.3 Å². The van der Waals surface area contributed by atoms with Gasteiger partial charge in [-0.3, -0.25) is 19.2 Å². The molecule has 4 unspecified atom stereocenters. The fourth-order valence-electron chi connectivity index (χ4n) is 5.59. The summed E-state index contributed by atoms with van der Waals surface area (Å²) >= 11 is 0. The summed E-state index contributed by atoms with van der Waals surface area (Å²) in [7, 11) is 1.58. The molecule has 0 radical (unpaired) electrons. The van der Waals surface area contributed by atoms with Crippen LogP contribution in [-0.4, -0.2) is 55.0 Å². The Kier molecular flexibility index (Phi) is 12.6. The number of esters is 1. The Morgan fingerprint density at radius 2 is 1.68 bits per heavy atom. The van der Waals surface area contributed by atoms with Crippen molar-refractivity contribution in [3.8, 4) is 0 Å². The average molecular weight is 524 g/mol. The minimum atomic E-state index is -0.988. The molecule has 1 heterocycles. The van der Waals surface area contributed by atoms with Gasteiger partial charge in [0, 0.05) is 30.8 Å². The van der Waals surface area contributed by atoms with E-state index in [2.05, 4.69) is 24.5 Å². The number of hydrogen-bond acceptors (Lipinski definition) is 5. The Labute approximate surface area is 225 Å². The lowest BCUT2D eigenvalue weighted by molar-refractivity contribution is -0.160. The zero-order valence-corrected chi connectivity index (χ0v) is 24.9. The van der Waals surface area contributed by atoms with Crippen molar-refractivity contribution in [1.29, 1.82) is 0 Å². The second-order valence-electron chi connectivity index (χ2n) is 12.1. The zero-order chi connectivity index (χ0) is 28.4. The molecule has 2 N–H and O–H groups in total. The molecule has 1 fully saturated rings. The van der Waals surface area contributed by atoms with Crippen LogP contribution in [0.2, 0.25) is 0 Å². The van der Waals surface area contributed by atoms with Crippen LogP contribution >= 0.6 is 0 Å². The Bertz CT molecular complexity index is 798. The third-order valence-corrected chi connectivity index (χ3v) is 8.19. The fraction of sp³-hybridized carbons (Fsp3) is 0.862. The van der Waals surface area contributed by atoms with Gasteiger partial charge in [0.05, 0.1) is 12.0 Å². The monoisotopic (exact) mass is 523 g/mol. The highest BCUT2D eigenvalue weighted by Crippen LogP contribution is 2.45. The predicted molar refractivity (Wildman–Crippen MR) is 146 cm³/mol. The van der Waals surface area contributed by atoms with Crippen LogP contribution in [0.25, 0.3) is 0 Å². The molecule has 0 saturated carbocycles. The molecule has 214 valence electrons. The molecule has 0 aliphatic carbocycles. The molecule has 3 amide bonds. The first kappa shape index (κ1) is 32.9. The first-order valence-corrected chi connectivity index (χ1v) is 14.2. The number of amides is 3. The molecule has 1 saturated heterocycles. The second kappa shape index (κ2) is 14.1. The molecule has 8 heteroatoms. The van der Waals surface area contributed by atoms with E-state index in [-0.39, 0.29) is 36.5 Å². The molecule has 0 bridgehead atoms. The predicted octanol–water partition coefficient (Wildman–Crippen LogP) is 4.81. The van der Waals surface area contributed by atoms with Crippen LogP contribution in [0.4, 0.5) is 0 Å². The van der Waals surface area contributed by atoms with Crippen LogP contribution < -0.4 is 10.6 Å². The molecular weight excluding hydrogens is 470 g/mol. The van der Waals surface area contributed by atoms with Crippen molar-refractivity contribution in [3.05, 3.63) is 0 Å². The van der Waals surface area contributed by atoms with E-state index >= 15 is 0 Å². The minimum Gasteiger partial charge on any atom is -0.465 e. The molecule has 1 aliphatic rings. The van der Waals surface area contributed by atoms with E-state index in [1.807, 2.05) is 41.5 Å². The normalized spacial score (nSPS) is 18.9. The Morgan fingerprint density at radius 1 is 1.03 bits per heavy atom. The molecule has 1 aliphatic heterocycles. The van der Waals surface area contributed by atoms with Crippen LogP contribution in [0.1, 0.15) is 113 Å². The lowest BCUT2D eigenvalue weighted by Crippen LogP contribution is -2.53. The van der Waals surface area contributed by atoms with Gasteiger partial charge >= 0.3 is 5.97 Å². The highest BCUT2D eigenvalue weighted by molar-refractivity contribution is 5.87. The van der Waals surface area contributed by atoms with E-state index in [9.17, 15) is 19.2 Å². The van der Waals surface area contributed by atoms with Crippen molar-refractivity contribution in [3.63, 3.8) is 0 Å². The molecule has 0 spiro atoms. The molecule has 37 heavy (non-hydrogen) atoms. The van der Waals surface area contributed by atoms with Crippen molar-refractivity contribution >= 4 is 23.7 Å². The Hall–Kier alpha value is -2.12. The number of ether oxygens (including phenoxy) is 1. The van der Waals surface area contributed by atoms with Crippen LogP contribution in [0.3, 0.4) is 0 Å². The van der Waals surface area contributed by atoms with Gasteiger partial charge in [-0.15, -0.1) is 0 Å². The van der Waals surface area contributed by atoms with E-state index < -0.39 is 22.4 Å². The molecule has 0 aromatic heterocycles. The number of unbranched alkanes of at least 4 members (excludes halogenated alkanes) is 1. The van der Waals surface area contributed by atoms with Crippen LogP contribution in [0, 0.1) is 22.2 Å². The quantitative estimate of drug-likeness (QED) is 0.283. The first-order chi connectivity index (χ1) is 17.2. The topological polar surface area (TPSA) is 105 Å². The number of nitrogens with zero attached hydrogens (tertiary/aromatic N) is 1. The second-order valence-corrected chi connectivity index (χ2v) is 12.1. The Morgan fingerprint density at radius 3 is 2.16 bits per heavy atom. The number of hydrogen-bond donors (Lipinski definition) is 2. The van der Waals surface area contributed by atoms with E-state index in [1.54, 1.807) is 11.9 Å². The van der Waals surface area contributed by atoms with E-state index in [1.165, 1.54) is 0 Å². The summed E-state index contributed by atoms with van der Waals surface area (Å²) in [5.41, 5.74) is -2.77. The average Bonchev–Trinajstić information content (AvgIpc) is 3.28. The van der Waals surface area contributed by atoms with Gasteiger partial charge in [-0.25, -0.2) is 0 Å². The van der Waals surface area contributed by atoms with Gasteiger partial charge in [0.15, 0.2) is 0 Å². The minimum absolute atomic E-state index is 0.0398. The number of likely N-dealkylation sites (tertiary alicyclic amines) is 1. The van der Waals surface area contributed by atoms with Crippen molar-refractivity contribution in [2.45, 2.75) is 119 Å². The van der Waals surface area contributed by atoms with E-state index in [0.29, 0.717) is 31.9 Å². The Balaban J connectivity index is 3.03. The number of nitrogens with one attached hydrogen (secondary N) is 2.